The number of thioether (sulfide) groups is 1. The van der Waals surface area contributed by atoms with Crippen LogP contribution in [0.25, 0.3) is 21.3 Å². The highest BCUT2D eigenvalue weighted by molar-refractivity contribution is 7.99. The summed E-state index contributed by atoms with van der Waals surface area (Å²) in [5, 5.41) is 4.27. The number of benzene rings is 1. The summed E-state index contributed by atoms with van der Waals surface area (Å²) in [7, 11) is 0. The zero-order chi connectivity index (χ0) is 18.3. The average molecular weight is 403 g/mol. The predicted molar refractivity (Wildman–Crippen MR) is 108 cm³/mol. The monoisotopic (exact) mass is 402 g/mol. The Balaban J connectivity index is 1.49. The number of carbonyl (C=O) groups is 1. The molecule has 0 bridgehead atoms. The van der Waals surface area contributed by atoms with Crippen LogP contribution < -0.4 is 11.1 Å². The molecule has 0 saturated heterocycles. The number of aromatic nitrogens is 4. The average Bonchev–Trinajstić information content (AvgIpc) is 3.19. The van der Waals surface area contributed by atoms with E-state index in [-0.39, 0.29) is 11.7 Å². The van der Waals surface area contributed by atoms with Gasteiger partial charge in [0, 0.05) is 4.88 Å². The number of rotatable bonds is 4. The summed E-state index contributed by atoms with van der Waals surface area (Å²) in [4.78, 5) is 23.2. The maximum atomic E-state index is 12.3. The number of hydrogen-bond acceptors (Lipinski definition) is 9. The minimum atomic E-state index is -0.156. The maximum absolute atomic E-state index is 12.3. The number of aryl methyl sites for hydroxylation is 2. The minimum absolute atomic E-state index is 0.156. The molecule has 0 aliphatic carbocycles. The number of carbonyl (C=O) groups excluding carboxylic acids is 1. The van der Waals surface area contributed by atoms with Crippen molar-refractivity contribution < 1.29 is 4.79 Å². The van der Waals surface area contributed by atoms with Crippen LogP contribution in [0.15, 0.2) is 23.4 Å². The zero-order valence-electron chi connectivity index (χ0n) is 13.9. The number of hydrogen-bond donors (Lipinski definition) is 2. The largest absolute Gasteiger partial charge is 0.383 e. The number of fused-ring (bicyclic) bond motifs is 2. The lowest BCUT2D eigenvalue weighted by Crippen LogP contribution is -2.14. The first-order valence-corrected chi connectivity index (χ1v) is 10.2. The molecule has 3 N–H and O–H groups in total. The van der Waals surface area contributed by atoms with Crippen molar-refractivity contribution in [2.24, 2.45) is 0 Å². The number of nitrogens with zero attached hydrogens (tertiary/aromatic N) is 4. The van der Waals surface area contributed by atoms with E-state index in [1.807, 2.05) is 32.0 Å². The first-order chi connectivity index (χ1) is 12.5. The molecule has 0 atom stereocenters. The minimum Gasteiger partial charge on any atom is -0.383 e. The van der Waals surface area contributed by atoms with Gasteiger partial charge in [0.05, 0.1) is 28.6 Å². The van der Waals surface area contributed by atoms with Gasteiger partial charge in [-0.1, -0.05) is 17.8 Å². The molecule has 3 heterocycles. The van der Waals surface area contributed by atoms with E-state index in [1.54, 1.807) is 11.3 Å². The van der Waals surface area contributed by atoms with Crippen LogP contribution >= 0.6 is 34.8 Å². The number of nitrogens with one attached hydrogen (secondary N) is 1. The van der Waals surface area contributed by atoms with Gasteiger partial charge in [0.15, 0.2) is 5.16 Å². The highest BCUT2D eigenvalue weighted by Crippen LogP contribution is 2.33. The molecular weight excluding hydrogens is 388 g/mol. The fourth-order valence-electron chi connectivity index (χ4n) is 2.55. The molecule has 4 aromatic rings. The summed E-state index contributed by atoms with van der Waals surface area (Å²) in [6, 6.07) is 5.51. The normalized spacial score (nSPS) is 11.3. The molecule has 0 saturated carbocycles. The Kier molecular flexibility index (Phi) is 4.47. The third-order valence-corrected chi connectivity index (χ3v) is 6.42. The molecule has 1 aromatic carbocycles. The van der Waals surface area contributed by atoms with Crippen LogP contribution in [0.1, 0.15) is 10.4 Å². The Bertz CT molecular complexity index is 1140. The molecule has 1 amide bonds. The lowest BCUT2D eigenvalue weighted by Gasteiger charge is -2.06. The Hall–Kier alpha value is -2.30. The second kappa shape index (κ2) is 6.78. The highest BCUT2D eigenvalue weighted by Gasteiger charge is 2.14. The van der Waals surface area contributed by atoms with Gasteiger partial charge in [0.2, 0.25) is 5.91 Å². The standard InChI is InChI=1S/C16H14N6OS3/c1-7-8(2)25-15-12(7)14(17)19-16(20-15)24-6-11(23)18-9-4-3-5-10-13(9)22-26-21-10/h3-5H,6H2,1-2H3,(H,18,23)(H2,17,19,20). The van der Waals surface area contributed by atoms with Crippen molar-refractivity contribution in [1.29, 1.82) is 0 Å². The lowest BCUT2D eigenvalue weighted by molar-refractivity contribution is -0.113. The quantitative estimate of drug-likeness (QED) is 0.396. The van der Waals surface area contributed by atoms with E-state index in [0.29, 0.717) is 22.2 Å². The predicted octanol–water partition coefficient (Wildman–Crippen LogP) is 3.63. The first-order valence-electron chi connectivity index (χ1n) is 7.70. The van der Waals surface area contributed by atoms with Gasteiger partial charge in [-0.05, 0) is 31.5 Å². The number of nitrogen functional groups attached to an aromatic ring is 1. The van der Waals surface area contributed by atoms with Gasteiger partial charge in [-0.15, -0.1) is 11.3 Å². The summed E-state index contributed by atoms with van der Waals surface area (Å²) in [6.45, 7) is 4.05. The highest BCUT2D eigenvalue weighted by atomic mass is 32.2. The van der Waals surface area contributed by atoms with Crippen LogP contribution in [0.3, 0.4) is 0 Å². The van der Waals surface area contributed by atoms with E-state index in [4.69, 9.17) is 5.73 Å². The van der Waals surface area contributed by atoms with Gasteiger partial charge >= 0.3 is 0 Å². The van der Waals surface area contributed by atoms with E-state index >= 15 is 0 Å². The topological polar surface area (TPSA) is 107 Å². The molecule has 0 radical (unpaired) electrons. The van der Waals surface area contributed by atoms with Gasteiger partial charge in [-0.3, -0.25) is 4.79 Å². The van der Waals surface area contributed by atoms with Crippen molar-refractivity contribution in [2.45, 2.75) is 19.0 Å². The second-order valence-corrected chi connectivity index (χ2v) is 8.30. The molecule has 7 nitrogen and oxygen atoms in total. The molecule has 132 valence electrons. The first kappa shape index (κ1) is 17.1. The van der Waals surface area contributed by atoms with Crippen molar-refractivity contribution in [3.05, 3.63) is 28.6 Å². The van der Waals surface area contributed by atoms with Crippen molar-refractivity contribution in [3.63, 3.8) is 0 Å². The van der Waals surface area contributed by atoms with Crippen LogP contribution in [-0.2, 0) is 4.79 Å². The van der Waals surface area contributed by atoms with E-state index in [1.165, 1.54) is 16.6 Å². The van der Waals surface area contributed by atoms with Crippen molar-refractivity contribution >= 4 is 73.5 Å². The summed E-state index contributed by atoms with van der Waals surface area (Å²) in [5.41, 5.74) is 9.31. The van der Waals surface area contributed by atoms with Gasteiger partial charge < -0.3 is 11.1 Å². The lowest BCUT2D eigenvalue weighted by atomic mass is 10.2. The van der Waals surface area contributed by atoms with Gasteiger partial charge in [-0.25, -0.2) is 9.97 Å². The fraction of sp³-hybridized carbons (Fsp3) is 0.188. The Morgan fingerprint density at radius 1 is 1.27 bits per heavy atom. The Morgan fingerprint density at radius 3 is 2.96 bits per heavy atom. The summed E-state index contributed by atoms with van der Waals surface area (Å²) in [5.74, 6) is 0.483. The molecule has 26 heavy (non-hydrogen) atoms. The molecule has 4 rings (SSSR count). The molecular formula is C16H14N6OS3. The molecule has 0 fully saturated rings. The molecule has 0 spiro atoms. The van der Waals surface area contributed by atoms with E-state index < -0.39 is 0 Å². The Labute approximate surface area is 161 Å². The van der Waals surface area contributed by atoms with E-state index in [9.17, 15) is 4.79 Å². The molecule has 0 aliphatic heterocycles. The number of anilines is 2. The van der Waals surface area contributed by atoms with E-state index in [2.05, 4.69) is 24.0 Å². The van der Waals surface area contributed by atoms with E-state index in [0.717, 1.165) is 33.0 Å². The fourth-order valence-corrected chi connectivity index (χ4v) is 4.84. The van der Waals surface area contributed by atoms with Crippen molar-refractivity contribution in [3.8, 4) is 0 Å². The summed E-state index contributed by atoms with van der Waals surface area (Å²) >= 11 is 3.97. The smallest absolute Gasteiger partial charge is 0.234 e. The maximum Gasteiger partial charge on any atom is 0.234 e. The SMILES string of the molecule is Cc1sc2nc(SCC(=O)Nc3cccc4nsnc34)nc(N)c2c1C. The van der Waals surface area contributed by atoms with Crippen molar-refractivity contribution in [1.82, 2.24) is 18.7 Å². The van der Waals surface area contributed by atoms with Crippen LogP contribution in [0, 0.1) is 13.8 Å². The summed E-state index contributed by atoms with van der Waals surface area (Å²) < 4.78 is 8.38. The Morgan fingerprint density at radius 2 is 2.12 bits per heavy atom. The van der Waals surface area contributed by atoms with Crippen LogP contribution in [0.4, 0.5) is 11.5 Å². The van der Waals surface area contributed by atoms with Crippen LogP contribution in [-0.4, -0.2) is 30.4 Å². The third kappa shape index (κ3) is 3.11. The van der Waals surface area contributed by atoms with Gasteiger partial charge in [-0.2, -0.15) is 8.75 Å². The molecule has 3 aromatic heterocycles. The van der Waals surface area contributed by atoms with Crippen molar-refractivity contribution in [2.75, 3.05) is 16.8 Å². The van der Waals surface area contributed by atoms with Crippen LogP contribution in [0.5, 0.6) is 0 Å². The summed E-state index contributed by atoms with van der Waals surface area (Å²) in [6.07, 6.45) is 0. The van der Waals surface area contributed by atoms with Gasteiger partial charge in [0.25, 0.3) is 0 Å². The third-order valence-electron chi connectivity index (χ3n) is 3.93. The molecule has 0 aliphatic rings. The second-order valence-electron chi connectivity index (χ2n) is 5.63. The number of thiophene rings is 1. The van der Waals surface area contributed by atoms with Crippen LogP contribution in [0.2, 0.25) is 0 Å². The molecule has 10 heteroatoms. The number of amides is 1. The number of nitrogens with two attached hydrogens (primary N) is 1. The zero-order valence-corrected chi connectivity index (χ0v) is 16.4. The van der Waals surface area contributed by atoms with Gasteiger partial charge in [0.1, 0.15) is 21.7 Å². The molecule has 0 unspecified atom stereocenters.